The molecule has 2 aliphatic rings. The van der Waals surface area contributed by atoms with Gasteiger partial charge in [0.1, 0.15) is 0 Å². The Labute approximate surface area is 80.6 Å². The highest BCUT2D eigenvalue weighted by Gasteiger charge is 2.27. The van der Waals surface area contributed by atoms with E-state index < -0.39 is 0 Å². The van der Waals surface area contributed by atoms with Crippen molar-refractivity contribution in [1.29, 1.82) is 0 Å². The molecule has 13 heavy (non-hydrogen) atoms. The van der Waals surface area contributed by atoms with Gasteiger partial charge in [-0.2, -0.15) is 0 Å². The van der Waals surface area contributed by atoms with Gasteiger partial charge in [0.05, 0.1) is 0 Å². The van der Waals surface area contributed by atoms with E-state index >= 15 is 0 Å². The second kappa shape index (κ2) is 3.95. The van der Waals surface area contributed by atoms with Crippen molar-refractivity contribution in [2.45, 2.75) is 57.2 Å². The van der Waals surface area contributed by atoms with Gasteiger partial charge >= 0.3 is 0 Å². The van der Waals surface area contributed by atoms with Crippen molar-refractivity contribution in [3.05, 3.63) is 0 Å². The molecule has 0 bridgehead atoms. The zero-order valence-corrected chi connectivity index (χ0v) is 8.50. The van der Waals surface area contributed by atoms with Gasteiger partial charge in [-0.1, -0.05) is 0 Å². The molecule has 2 atom stereocenters. The standard InChI is InChI=1S/C10H21N3/c1-8-2-3-9(12-8)6-7-13(11)10-4-5-10/h8-10,12H,2-7,11H2,1H3. The third kappa shape index (κ3) is 2.66. The summed E-state index contributed by atoms with van der Waals surface area (Å²) < 4.78 is 0. The van der Waals surface area contributed by atoms with Gasteiger partial charge in [0.15, 0.2) is 0 Å². The fourth-order valence-corrected chi connectivity index (χ4v) is 2.14. The van der Waals surface area contributed by atoms with Crippen molar-refractivity contribution < 1.29 is 0 Å². The minimum Gasteiger partial charge on any atom is -0.311 e. The predicted octanol–water partition coefficient (Wildman–Crippen LogP) is 0.855. The molecule has 2 fully saturated rings. The maximum absolute atomic E-state index is 5.90. The Bertz CT molecular complexity index is 168. The molecule has 76 valence electrons. The van der Waals surface area contributed by atoms with Gasteiger partial charge in [-0.15, -0.1) is 0 Å². The van der Waals surface area contributed by atoms with E-state index in [2.05, 4.69) is 12.2 Å². The summed E-state index contributed by atoms with van der Waals surface area (Å²) in [6.45, 7) is 3.33. The SMILES string of the molecule is CC1CCC(CCN(N)C2CC2)N1. The number of hydrazine groups is 1. The first-order chi connectivity index (χ1) is 6.25. The molecule has 0 aromatic heterocycles. The van der Waals surface area contributed by atoms with Crippen LogP contribution in [-0.2, 0) is 0 Å². The number of nitrogens with two attached hydrogens (primary N) is 1. The first-order valence-electron chi connectivity index (χ1n) is 5.53. The fraction of sp³-hybridized carbons (Fsp3) is 1.00. The minimum atomic E-state index is 0.707. The van der Waals surface area contributed by atoms with Crippen molar-refractivity contribution in [3.8, 4) is 0 Å². The summed E-state index contributed by atoms with van der Waals surface area (Å²) in [7, 11) is 0. The average molecular weight is 183 g/mol. The van der Waals surface area contributed by atoms with Crippen LogP contribution in [0.15, 0.2) is 0 Å². The van der Waals surface area contributed by atoms with Crippen LogP contribution in [0.2, 0.25) is 0 Å². The summed E-state index contributed by atoms with van der Waals surface area (Å²) in [6, 6.07) is 2.15. The molecule has 1 saturated heterocycles. The third-order valence-corrected chi connectivity index (χ3v) is 3.22. The van der Waals surface area contributed by atoms with Crippen molar-refractivity contribution >= 4 is 0 Å². The topological polar surface area (TPSA) is 41.3 Å². The summed E-state index contributed by atoms with van der Waals surface area (Å²) >= 11 is 0. The highest BCUT2D eigenvalue weighted by atomic mass is 15.4. The van der Waals surface area contributed by atoms with Gasteiger partial charge in [0, 0.05) is 24.7 Å². The Kier molecular flexibility index (Phi) is 2.86. The number of nitrogens with zero attached hydrogens (tertiary/aromatic N) is 1. The molecule has 3 heteroatoms. The van der Waals surface area contributed by atoms with Crippen LogP contribution < -0.4 is 11.2 Å². The second-order valence-corrected chi connectivity index (χ2v) is 4.60. The van der Waals surface area contributed by atoms with Gasteiger partial charge in [-0.25, -0.2) is 5.01 Å². The van der Waals surface area contributed by atoms with E-state index in [-0.39, 0.29) is 0 Å². The van der Waals surface area contributed by atoms with Gasteiger partial charge < -0.3 is 5.32 Å². The lowest BCUT2D eigenvalue weighted by Crippen LogP contribution is -2.38. The smallest absolute Gasteiger partial charge is 0.0242 e. The van der Waals surface area contributed by atoms with Crippen LogP contribution in [0, 0.1) is 0 Å². The van der Waals surface area contributed by atoms with Crippen LogP contribution in [0.5, 0.6) is 0 Å². The van der Waals surface area contributed by atoms with Crippen LogP contribution in [0.4, 0.5) is 0 Å². The van der Waals surface area contributed by atoms with Crippen molar-refractivity contribution in [3.63, 3.8) is 0 Å². The first-order valence-corrected chi connectivity index (χ1v) is 5.53. The van der Waals surface area contributed by atoms with Crippen LogP contribution >= 0.6 is 0 Å². The van der Waals surface area contributed by atoms with E-state index in [0.29, 0.717) is 6.04 Å². The molecule has 1 saturated carbocycles. The van der Waals surface area contributed by atoms with Gasteiger partial charge in [0.25, 0.3) is 0 Å². The van der Waals surface area contributed by atoms with E-state index in [1.165, 1.54) is 32.1 Å². The molecule has 1 heterocycles. The number of hydrogen-bond acceptors (Lipinski definition) is 3. The molecule has 0 aromatic rings. The van der Waals surface area contributed by atoms with E-state index in [1.807, 2.05) is 5.01 Å². The predicted molar refractivity (Wildman–Crippen MR) is 54.2 cm³/mol. The Hall–Kier alpha value is -0.120. The molecule has 1 aliphatic heterocycles. The molecule has 0 aromatic carbocycles. The van der Waals surface area contributed by atoms with Crippen LogP contribution in [-0.4, -0.2) is 29.7 Å². The molecule has 3 nitrogen and oxygen atoms in total. The van der Waals surface area contributed by atoms with Crippen LogP contribution in [0.3, 0.4) is 0 Å². The van der Waals surface area contributed by atoms with Crippen molar-refractivity contribution in [2.75, 3.05) is 6.54 Å². The van der Waals surface area contributed by atoms with E-state index in [9.17, 15) is 0 Å². The number of hydrogen-bond donors (Lipinski definition) is 2. The summed E-state index contributed by atoms with van der Waals surface area (Å²) in [4.78, 5) is 0. The Morgan fingerprint density at radius 2 is 2.08 bits per heavy atom. The Balaban J connectivity index is 1.61. The Morgan fingerprint density at radius 1 is 1.31 bits per heavy atom. The van der Waals surface area contributed by atoms with E-state index in [1.54, 1.807) is 0 Å². The molecular formula is C10H21N3. The zero-order valence-electron chi connectivity index (χ0n) is 8.50. The molecule has 0 amide bonds. The van der Waals surface area contributed by atoms with Crippen LogP contribution in [0.1, 0.15) is 39.0 Å². The highest BCUT2D eigenvalue weighted by molar-refractivity contribution is 4.84. The Morgan fingerprint density at radius 3 is 2.62 bits per heavy atom. The molecule has 0 spiro atoms. The van der Waals surface area contributed by atoms with E-state index in [0.717, 1.165) is 18.6 Å². The number of rotatable bonds is 4. The normalized spacial score (nSPS) is 34.4. The lowest BCUT2D eigenvalue weighted by Gasteiger charge is -2.18. The maximum atomic E-state index is 5.90. The van der Waals surface area contributed by atoms with Crippen molar-refractivity contribution in [2.24, 2.45) is 5.84 Å². The summed E-state index contributed by atoms with van der Waals surface area (Å²) in [5, 5.41) is 5.62. The second-order valence-electron chi connectivity index (χ2n) is 4.60. The van der Waals surface area contributed by atoms with E-state index in [4.69, 9.17) is 5.84 Å². The molecule has 1 aliphatic carbocycles. The summed E-state index contributed by atoms with van der Waals surface area (Å²) in [5.41, 5.74) is 0. The summed E-state index contributed by atoms with van der Waals surface area (Å²) in [5.74, 6) is 5.90. The zero-order chi connectivity index (χ0) is 9.26. The lowest BCUT2D eigenvalue weighted by atomic mass is 10.1. The van der Waals surface area contributed by atoms with Gasteiger partial charge in [0.2, 0.25) is 0 Å². The minimum absolute atomic E-state index is 0.707. The number of nitrogens with one attached hydrogen (secondary N) is 1. The maximum Gasteiger partial charge on any atom is 0.0242 e. The van der Waals surface area contributed by atoms with Gasteiger partial charge in [-0.05, 0) is 39.0 Å². The molecule has 2 unspecified atom stereocenters. The molecule has 3 N–H and O–H groups in total. The average Bonchev–Trinajstić information content (AvgIpc) is 2.87. The highest BCUT2D eigenvalue weighted by Crippen LogP contribution is 2.24. The van der Waals surface area contributed by atoms with Crippen LogP contribution in [0.25, 0.3) is 0 Å². The third-order valence-electron chi connectivity index (χ3n) is 3.22. The molecule has 2 rings (SSSR count). The quantitative estimate of drug-likeness (QED) is 0.501. The monoisotopic (exact) mass is 183 g/mol. The first kappa shape index (κ1) is 9.44. The fourth-order valence-electron chi connectivity index (χ4n) is 2.14. The molecule has 0 radical (unpaired) electrons. The molecular weight excluding hydrogens is 162 g/mol. The largest absolute Gasteiger partial charge is 0.311 e. The lowest BCUT2D eigenvalue weighted by molar-refractivity contribution is 0.256. The van der Waals surface area contributed by atoms with Crippen molar-refractivity contribution in [1.82, 2.24) is 10.3 Å². The van der Waals surface area contributed by atoms with Gasteiger partial charge in [-0.3, -0.25) is 5.84 Å². The summed E-state index contributed by atoms with van der Waals surface area (Å²) in [6.07, 6.45) is 6.51.